The van der Waals surface area contributed by atoms with Crippen LogP contribution in [-0.4, -0.2) is 101 Å². The number of aromatic amines is 5. The molecule has 5 aromatic carbocycles. The normalized spacial score (nSPS) is 18.4. The van der Waals surface area contributed by atoms with E-state index in [2.05, 4.69) is 133 Å². The molecule has 9 fully saturated rings. The lowest BCUT2D eigenvalue weighted by molar-refractivity contribution is -0.0722. The monoisotopic (exact) mass is 1810 g/mol. The van der Waals surface area contributed by atoms with Crippen LogP contribution in [0.3, 0.4) is 0 Å². The number of aliphatic hydroxyl groups excluding tert-OH is 3. The van der Waals surface area contributed by atoms with E-state index in [1.165, 1.54) is 116 Å². The Morgan fingerprint density at radius 2 is 0.537 bits per heavy atom. The van der Waals surface area contributed by atoms with Crippen LogP contribution in [0.4, 0.5) is 0 Å². The Hall–Kier alpha value is -10.7. The van der Waals surface area contributed by atoms with Crippen molar-refractivity contribution < 1.29 is 48.1 Å². The minimum atomic E-state index is -0.969. The average molecular weight is 1820 g/mol. The fourth-order valence-corrected chi connectivity index (χ4v) is 23.2. The second-order valence-electron chi connectivity index (χ2n) is 42.3. The second kappa shape index (κ2) is 36.4. The molecule has 706 valence electrons. The number of hydrogen-bond donors (Lipinski definition) is 10. The molecule has 134 heavy (non-hydrogen) atoms. The summed E-state index contributed by atoms with van der Waals surface area (Å²) in [7, 11) is 0. The number of rotatable bonds is 22. The number of benzene rings is 5. The Labute approximate surface area is 783 Å². The van der Waals surface area contributed by atoms with Crippen molar-refractivity contribution in [3.8, 4) is 55.6 Å². The van der Waals surface area contributed by atoms with E-state index in [0.717, 1.165) is 276 Å². The number of aryl methyl sites for hydroxylation is 10. The number of fused-ring (bicyclic) bond motifs is 5. The molecule has 25 nitrogen and oxygen atoms in total. The molecule has 3 atom stereocenters. The SMILES string of the molecule is Cc1noc(C)c1-c1cc(C(O)(C(C)C)C(C)C)c2nc(C3CC3)[nH]c2c1.Cc1noc(C)c1-c1cc(C(O)(C2CCCC2)C2CCCC2)c2nc(C3CC3)[nH]c2c1.Cc1noc(C)c1-c1cc(C(O)C(C)C)c2nc(C3CC3)[nH]c2c1.Cc1noc(C)c1-c1cc([C@@H](O)C2CCCC2)c2nc(C3CC3)[nH]c2c1.Cc1noc(C)c1-c1cc([C@H](O)C2CCCC2)c2nc(C3CC3)[nH]c2c1. The maximum atomic E-state index is 12.6. The summed E-state index contributed by atoms with van der Waals surface area (Å²) in [6.07, 6.45) is 29.1. The smallest absolute Gasteiger partial charge is 0.141 e. The van der Waals surface area contributed by atoms with Crippen LogP contribution in [0, 0.1) is 111 Å². The van der Waals surface area contributed by atoms with E-state index >= 15 is 0 Å². The lowest BCUT2D eigenvalue weighted by atomic mass is 9.70. The van der Waals surface area contributed by atoms with Gasteiger partial charge in [0, 0.05) is 85.2 Å². The second-order valence-corrected chi connectivity index (χ2v) is 42.3. The van der Waals surface area contributed by atoms with Crippen molar-refractivity contribution in [3.05, 3.63) is 175 Å². The summed E-state index contributed by atoms with van der Waals surface area (Å²) >= 11 is 0. The van der Waals surface area contributed by atoms with E-state index < -0.39 is 29.5 Å². The van der Waals surface area contributed by atoms with E-state index in [9.17, 15) is 25.5 Å². The number of aromatic nitrogens is 15. The first-order chi connectivity index (χ1) is 64.5. The maximum Gasteiger partial charge on any atom is 0.141 e. The Kier molecular flexibility index (Phi) is 24.7. The molecule has 9 aliphatic carbocycles. The van der Waals surface area contributed by atoms with Crippen molar-refractivity contribution in [3.63, 3.8) is 0 Å². The van der Waals surface area contributed by atoms with Crippen LogP contribution < -0.4 is 0 Å². The topological polar surface area (TPSA) is 375 Å². The highest BCUT2D eigenvalue weighted by atomic mass is 16.5. The largest absolute Gasteiger partial charge is 0.388 e. The summed E-state index contributed by atoms with van der Waals surface area (Å²) in [5.74, 6) is 13.6. The third kappa shape index (κ3) is 17.4. The van der Waals surface area contributed by atoms with Crippen LogP contribution in [-0.2, 0) is 11.2 Å². The average Bonchev–Trinajstić information content (AvgIpc) is 1.55. The van der Waals surface area contributed by atoms with E-state index in [1.54, 1.807) is 0 Å². The standard InChI is InChI=1S/C26H33N3O2.C22H29N3O2.2C21H25N3O2.C19H23N3O2/c1-15-23(16(2)31-29-15)18-13-21(24-22(14-18)27-25(28-24)17-11-12-17)26(30,19-7-3-4-8-19)20-9-5-6-10-20;1-11(2)22(26,12(3)4)17-9-16(19-13(5)25-27-14(19)6)10-18-20(17)24-21(23-18)15-7-8-15;2*1-11-18(12(2)26-24-11)15-9-16(20(25)13-5-3-4-6-13)19-17(10-15)22-21(23-19)14-7-8-14;1-9(2)18(23)14-7-13(16-10(3)22-24-11(16)4)8-15-17(14)21-19(20-15)12-5-6-12/h13-14,17,19-20,30H,3-12H2,1-2H3,(H,27,28);9-12,15,26H,7-8H2,1-6H3,(H,23,24);2*9-10,13-14,20,25H,3-8H2,1-2H3,(H,22,23);7-9,12,18,23H,5-6H2,1-4H3,(H,20,21)/t;;2*20-;/m..10./s1. The predicted molar refractivity (Wildman–Crippen MR) is 520 cm³/mol. The zero-order chi connectivity index (χ0) is 93.4. The summed E-state index contributed by atoms with van der Waals surface area (Å²) < 4.78 is 27.0. The minimum Gasteiger partial charge on any atom is -0.388 e. The number of aliphatic hydroxyl groups is 5. The van der Waals surface area contributed by atoms with Crippen LogP contribution in [0.25, 0.3) is 111 Å². The minimum absolute atomic E-state index is 0.0571. The number of nitrogens with one attached hydrogen (secondary N) is 5. The molecule has 0 aliphatic heterocycles. The first kappa shape index (κ1) is 91.1. The molecule has 0 spiro atoms. The van der Waals surface area contributed by atoms with Gasteiger partial charge >= 0.3 is 0 Å². The molecule has 9 aliphatic rings. The van der Waals surface area contributed by atoms with E-state index in [4.69, 9.17) is 47.5 Å². The molecule has 0 saturated heterocycles. The Morgan fingerprint density at radius 3 is 0.799 bits per heavy atom. The van der Waals surface area contributed by atoms with Gasteiger partial charge in [-0.1, -0.05) is 119 Å². The maximum absolute atomic E-state index is 12.6. The van der Waals surface area contributed by atoms with Gasteiger partial charge < -0.3 is 73.1 Å². The van der Waals surface area contributed by atoms with Crippen molar-refractivity contribution >= 4 is 55.2 Å². The van der Waals surface area contributed by atoms with Gasteiger partial charge in [-0.15, -0.1) is 0 Å². The number of hydrogen-bond acceptors (Lipinski definition) is 20. The van der Waals surface area contributed by atoms with E-state index in [-0.39, 0.29) is 17.8 Å². The van der Waals surface area contributed by atoms with Crippen molar-refractivity contribution in [2.24, 2.45) is 41.4 Å². The number of nitrogens with zero attached hydrogens (tertiary/aromatic N) is 10. The van der Waals surface area contributed by atoms with Crippen molar-refractivity contribution in [1.29, 1.82) is 0 Å². The molecule has 10 heterocycles. The Bertz CT molecular complexity index is 6520. The molecule has 0 amide bonds. The summed E-state index contributed by atoms with van der Waals surface area (Å²) in [5.41, 5.74) is 27.2. The highest BCUT2D eigenvalue weighted by Gasteiger charge is 2.50. The fourth-order valence-electron chi connectivity index (χ4n) is 23.2. The van der Waals surface area contributed by atoms with Gasteiger partial charge in [-0.2, -0.15) is 0 Å². The Morgan fingerprint density at radius 1 is 0.299 bits per heavy atom. The van der Waals surface area contributed by atoms with Crippen LogP contribution in [0.15, 0.2) is 83.3 Å². The molecule has 1 unspecified atom stereocenters. The van der Waals surface area contributed by atoms with Crippen LogP contribution in [0.1, 0.15) is 371 Å². The van der Waals surface area contributed by atoms with Crippen molar-refractivity contribution in [2.45, 2.75) is 337 Å². The van der Waals surface area contributed by atoms with Gasteiger partial charge in [0.25, 0.3) is 0 Å². The van der Waals surface area contributed by atoms with Crippen LogP contribution in [0.5, 0.6) is 0 Å². The van der Waals surface area contributed by atoms with Gasteiger partial charge in [0.15, 0.2) is 0 Å². The van der Waals surface area contributed by atoms with Gasteiger partial charge in [-0.05, 0) is 315 Å². The lowest BCUT2D eigenvalue weighted by Gasteiger charge is -2.40. The van der Waals surface area contributed by atoms with Crippen molar-refractivity contribution in [1.82, 2.24) is 75.6 Å². The molecule has 25 heteroatoms. The van der Waals surface area contributed by atoms with Gasteiger partial charge in [0.2, 0.25) is 0 Å². The summed E-state index contributed by atoms with van der Waals surface area (Å²) in [5, 5.41) is 78.0. The molecular formula is C109H135N15O10. The molecule has 24 rings (SSSR count). The number of H-pyrrole nitrogens is 5. The quantitative estimate of drug-likeness (QED) is 0.0301. The molecule has 15 aromatic rings. The molecular weight excluding hydrogens is 1680 g/mol. The Balaban J connectivity index is 0.000000104. The lowest BCUT2D eigenvalue weighted by Crippen LogP contribution is -2.41. The van der Waals surface area contributed by atoms with Crippen LogP contribution in [0.2, 0.25) is 0 Å². The zero-order valence-electron chi connectivity index (χ0n) is 81.1. The zero-order valence-corrected chi connectivity index (χ0v) is 81.1. The number of imidazole rings is 5. The molecule has 10 N–H and O–H groups in total. The fraction of sp³-hybridized carbons (Fsp3) is 0.541. The molecule has 0 bridgehead atoms. The van der Waals surface area contributed by atoms with Gasteiger partial charge in [0.05, 0.1) is 113 Å². The highest BCUT2D eigenvalue weighted by Crippen LogP contribution is 2.56. The van der Waals surface area contributed by atoms with Gasteiger partial charge in [0.1, 0.15) is 57.9 Å². The molecule has 10 aromatic heterocycles. The van der Waals surface area contributed by atoms with Gasteiger partial charge in [-0.3, -0.25) is 0 Å². The van der Waals surface area contributed by atoms with E-state index in [1.807, 2.05) is 89.2 Å². The first-order valence-electron chi connectivity index (χ1n) is 50.3. The first-order valence-corrected chi connectivity index (χ1v) is 50.3. The predicted octanol–water partition coefficient (Wildman–Crippen LogP) is 25.8. The third-order valence-corrected chi connectivity index (χ3v) is 31.4. The summed E-state index contributed by atoms with van der Waals surface area (Å²) in [4.78, 5) is 42.2. The molecule has 0 radical (unpaired) electrons. The third-order valence-electron chi connectivity index (χ3n) is 31.4. The van der Waals surface area contributed by atoms with Crippen molar-refractivity contribution in [2.75, 3.05) is 0 Å². The summed E-state index contributed by atoms with van der Waals surface area (Å²) in [6, 6.07) is 21.2. The van der Waals surface area contributed by atoms with E-state index in [0.29, 0.717) is 53.3 Å². The molecule has 9 saturated carbocycles. The summed E-state index contributed by atoms with van der Waals surface area (Å²) in [6.45, 7) is 31.9. The highest BCUT2D eigenvalue weighted by molar-refractivity contribution is 5.92. The van der Waals surface area contributed by atoms with Crippen LogP contribution >= 0.6 is 0 Å². The van der Waals surface area contributed by atoms with Gasteiger partial charge in [-0.25, -0.2) is 24.9 Å².